The molecule has 5 N–H and O–H groups in total. The molecule has 3 amide bonds. The first-order valence-corrected chi connectivity index (χ1v) is 20.3. The first-order valence-electron chi connectivity index (χ1n) is 20.3. The highest BCUT2D eigenvalue weighted by molar-refractivity contribution is 6.02. The molecule has 57 heavy (non-hydrogen) atoms. The highest BCUT2D eigenvalue weighted by Gasteiger charge is 2.56. The van der Waals surface area contributed by atoms with E-state index >= 15 is 4.79 Å². The van der Waals surface area contributed by atoms with Crippen molar-refractivity contribution in [2.75, 3.05) is 11.9 Å². The summed E-state index contributed by atoms with van der Waals surface area (Å²) in [6.07, 6.45) is 7.99. The minimum atomic E-state index is -1.34. The molecule has 10 heteroatoms. The fraction of sp³-hybridized carbons (Fsp3) is 0.383. The summed E-state index contributed by atoms with van der Waals surface area (Å²) in [5, 5.41) is 28.5. The number of nitrogens with one attached hydrogen (secondary N) is 3. The molecule has 6 bridgehead atoms. The number of benzene rings is 4. The molecule has 4 aromatic rings. The minimum absolute atomic E-state index is 0.0160. The molecule has 292 valence electrons. The Bertz CT molecular complexity index is 2150. The van der Waals surface area contributed by atoms with Gasteiger partial charge in [0.15, 0.2) is 0 Å². The first kappa shape index (κ1) is 36.8. The topological polar surface area (TPSA) is 162 Å². The number of carboxylic acids is 2. The van der Waals surface area contributed by atoms with Crippen molar-refractivity contribution in [3.8, 4) is 0 Å². The standard InChI is InChI=1S/C47H47N3O7/c51-42(49-32-20-30(45(54)55)19-31(21-32)46(56)57)37(15-14-26-8-2-1-3-9-26)50-44(53)41-39-35-12-6-4-10-33(35)38(34-11-5-7-13-36(34)39)40(41)43(52)48-25-47-22-27-16-28(23-47)18-29(17-27)24-47/h1-13,19-21,27-29,37-41H,14-18,22-25H2,(H,48,52)(H,49,51)(H,50,53)(H,54,55)(H,56,57)/t27?,28?,29?,37-,38?,39?,40?,41?,47?/m1/s1. The number of rotatable bonds is 12. The summed E-state index contributed by atoms with van der Waals surface area (Å²) in [6.45, 7) is 0.608. The van der Waals surface area contributed by atoms with Gasteiger partial charge in [0.25, 0.3) is 0 Å². The van der Waals surface area contributed by atoms with E-state index in [1.165, 1.54) is 31.4 Å². The number of carbonyl (C=O) groups is 5. The molecule has 3 atom stereocenters. The Balaban J connectivity index is 1.05. The van der Waals surface area contributed by atoms with Gasteiger partial charge in [-0.2, -0.15) is 0 Å². The van der Waals surface area contributed by atoms with E-state index in [9.17, 15) is 29.4 Å². The van der Waals surface area contributed by atoms with Crippen molar-refractivity contribution >= 4 is 35.3 Å². The molecule has 7 aliphatic rings. The molecule has 0 saturated heterocycles. The van der Waals surface area contributed by atoms with E-state index in [-0.39, 0.29) is 40.5 Å². The quantitative estimate of drug-likeness (QED) is 0.104. The smallest absolute Gasteiger partial charge is 0.335 e. The lowest BCUT2D eigenvalue weighted by molar-refractivity contribution is -0.139. The van der Waals surface area contributed by atoms with Gasteiger partial charge in [-0.3, -0.25) is 14.4 Å². The molecule has 7 aliphatic carbocycles. The van der Waals surface area contributed by atoms with Crippen molar-refractivity contribution < 1.29 is 34.2 Å². The normalized spacial score (nSPS) is 27.8. The molecule has 4 saturated carbocycles. The van der Waals surface area contributed by atoms with Gasteiger partial charge in [0.05, 0.1) is 23.0 Å². The fourth-order valence-corrected chi connectivity index (χ4v) is 11.9. The van der Waals surface area contributed by atoms with Crippen LogP contribution in [0, 0.1) is 35.0 Å². The second-order valence-corrected chi connectivity index (χ2v) is 17.4. The SMILES string of the molecule is O=C(O)c1cc(NC(=O)[C@@H](CCc2ccccc2)NC(=O)C2C3c4ccccc4C(c4ccccc43)C2C(=O)NCC23CC4CC(CC(C4)C2)C3)cc(C(=O)O)c1. The lowest BCUT2D eigenvalue weighted by atomic mass is 9.49. The third kappa shape index (κ3) is 6.89. The van der Waals surface area contributed by atoms with Gasteiger partial charge in [-0.1, -0.05) is 78.9 Å². The number of hydrogen-bond acceptors (Lipinski definition) is 5. The number of amides is 3. The van der Waals surface area contributed by atoms with Crippen LogP contribution in [0.3, 0.4) is 0 Å². The third-order valence-electron chi connectivity index (χ3n) is 13.7. The van der Waals surface area contributed by atoms with E-state index in [1.54, 1.807) is 0 Å². The number of hydrogen-bond donors (Lipinski definition) is 5. The van der Waals surface area contributed by atoms with Gasteiger partial charge in [0, 0.05) is 24.1 Å². The Morgan fingerprint density at radius 3 is 1.60 bits per heavy atom. The van der Waals surface area contributed by atoms with Crippen molar-refractivity contribution in [1.82, 2.24) is 10.6 Å². The van der Waals surface area contributed by atoms with Crippen molar-refractivity contribution in [3.63, 3.8) is 0 Å². The van der Waals surface area contributed by atoms with E-state index in [0.717, 1.165) is 70.9 Å². The molecular formula is C47H47N3O7. The second kappa shape index (κ2) is 14.6. The van der Waals surface area contributed by atoms with Crippen LogP contribution >= 0.6 is 0 Å². The van der Waals surface area contributed by atoms with E-state index in [1.807, 2.05) is 66.7 Å². The average molecular weight is 766 g/mol. The van der Waals surface area contributed by atoms with Gasteiger partial charge in [0.1, 0.15) is 6.04 Å². The molecule has 2 unspecified atom stereocenters. The zero-order chi connectivity index (χ0) is 39.4. The van der Waals surface area contributed by atoms with Crippen molar-refractivity contribution in [1.29, 1.82) is 0 Å². The summed E-state index contributed by atoms with van der Waals surface area (Å²) in [6, 6.07) is 28.0. The van der Waals surface area contributed by atoms with Crippen LogP contribution in [0.2, 0.25) is 0 Å². The van der Waals surface area contributed by atoms with Gasteiger partial charge in [-0.05, 0) is 121 Å². The summed E-state index contributed by atoms with van der Waals surface area (Å²) >= 11 is 0. The maximum Gasteiger partial charge on any atom is 0.335 e. The predicted molar refractivity (Wildman–Crippen MR) is 213 cm³/mol. The number of anilines is 1. The molecule has 0 radical (unpaired) electrons. The minimum Gasteiger partial charge on any atom is -0.478 e. The lowest BCUT2D eigenvalue weighted by Crippen LogP contribution is -2.57. The van der Waals surface area contributed by atoms with Crippen LogP contribution in [0.15, 0.2) is 97.1 Å². The zero-order valence-electron chi connectivity index (χ0n) is 31.7. The second-order valence-electron chi connectivity index (χ2n) is 17.4. The van der Waals surface area contributed by atoms with E-state index in [4.69, 9.17) is 0 Å². The maximum absolute atomic E-state index is 15.1. The Morgan fingerprint density at radius 1 is 0.632 bits per heavy atom. The monoisotopic (exact) mass is 765 g/mol. The average Bonchev–Trinajstić information content (AvgIpc) is 3.20. The van der Waals surface area contributed by atoms with Crippen LogP contribution in [-0.4, -0.2) is 52.5 Å². The zero-order valence-corrected chi connectivity index (χ0v) is 31.7. The molecule has 11 rings (SSSR count). The van der Waals surface area contributed by atoms with Gasteiger partial charge in [-0.15, -0.1) is 0 Å². The van der Waals surface area contributed by atoms with Crippen molar-refractivity contribution in [2.24, 2.45) is 35.0 Å². The highest BCUT2D eigenvalue weighted by atomic mass is 16.4. The van der Waals surface area contributed by atoms with Crippen LogP contribution in [-0.2, 0) is 20.8 Å². The number of carboxylic acid groups (broad SMARTS) is 2. The maximum atomic E-state index is 15.1. The number of aryl methyl sites for hydroxylation is 1. The summed E-state index contributed by atoms with van der Waals surface area (Å²) in [4.78, 5) is 67.9. The summed E-state index contributed by atoms with van der Waals surface area (Å²) < 4.78 is 0. The van der Waals surface area contributed by atoms with Gasteiger partial charge in [-0.25, -0.2) is 9.59 Å². The highest BCUT2D eigenvalue weighted by Crippen LogP contribution is 2.61. The predicted octanol–water partition coefficient (Wildman–Crippen LogP) is 7.00. The molecule has 0 aliphatic heterocycles. The van der Waals surface area contributed by atoms with Gasteiger partial charge < -0.3 is 26.2 Å². The van der Waals surface area contributed by atoms with Crippen LogP contribution in [0.4, 0.5) is 5.69 Å². The Labute approximate surface area is 331 Å². The Hall–Kier alpha value is -5.77. The lowest BCUT2D eigenvalue weighted by Gasteiger charge is -2.57. The third-order valence-corrected chi connectivity index (χ3v) is 13.7. The molecule has 0 aromatic heterocycles. The number of carbonyl (C=O) groups excluding carboxylic acids is 3. The molecule has 0 heterocycles. The first-order chi connectivity index (χ1) is 27.6. The number of fused-ring (bicyclic) bond motifs is 1. The summed E-state index contributed by atoms with van der Waals surface area (Å²) in [5.41, 5.74) is 4.54. The van der Waals surface area contributed by atoms with Gasteiger partial charge in [0.2, 0.25) is 17.7 Å². The largest absolute Gasteiger partial charge is 0.478 e. The van der Waals surface area contributed by atoms with E-state index in [2.05, 4.69) is 28.1 Å². The van der Waals surface area contributed by atoms with Crippen molar-refractivity contribution in [2.45, 2.75) is 69.2 Å². The van der Waals surface area contributed by atoms with Crippen LogP contribution in [0.1, 0.15) is 105 Å². The van der Waals surface area contributed by atoms with E-state index in [0.29, 0.717) is 13.0 Å². The number of aromatic carboxylic acids is 2. The van der Waals surface area contributed by atoms with Crippen LogP contribution < -0.4 is 16.0 Å². The Morgan fingerprint density at radius 2 is 1.11 bits per heavy atom. The van der Waals surface area contributed by atoms with E-state index < -0.39 is 47.5 Å². The molecule has 10 nitrogen and oxygen atoms in total. The Kier molecular flexibility index (Phi) is 9.45. The molecular weight excluding hydrogens is 719 g/mol. The summed E-state index contributed by atoms with van der Waals surface area (Å²) in [5.74, 6) is -4.00. The molecule has 0 spiro atoms. The van der Waals surface area contributed by atoms with Crippen LogP contribution in [0.5, 0.6) is 0 Å². The van der Waals surface area contributed by atoms with Crippen LogP contribution in [0.25, 0.3) is 0 Å². The molecule has 4 aromatic carbocycles. The molecule has 4 fully saturated rings. The summed E-state index contributed by atoms with van der Waals surface area (Å²) in [7, 11) is 0. The fourth-order valence-electron chi connectivity index (χ4n) is 11.9. The van der Waals surface area contributed by atoms with Crippen molar-refractivity contribution in [3.05, 3.63) is 136 Å². The van der Waals surface area contributed by atoms with Gasteiger partial charge >= 0.3 is 11.9 Å².